The molecule has 1 aliphatic carbocycles. The highest BCUT2D eigenvalue weighted by atomic mass is 16.5. The van der Waals surface area contributed by atoms with Gasteiger partial charge in [0.1, 0.15) is 11.5 Å². The maximum absolute atomic E-state index is 6.95. The number of ether oxygens (including phenoxy) is 1. The topological polar surface area (TPSA) is 25.6 Å². The highest BCUT2D eigenvalue weighted by Crippen LogP contribution is 2.63. The van der Waals surface area contributed by atoms with Gasteiger partial charge in [-0.05, 0) is 180 Å². The third-order valence-corrected chi connectivity index (χ3v) is 17.5. The Balaban J connectivity index is 0.909. The van der Waals surface area contributed by atoms with Crippen LogP contribution in [0.3, 0.4) is 0 Å². The first kappa shape index (κ1) is 47.6. The largest absolute Gasteiger partial charge is 0.457 e. The van der Waals surface area contributed by atoms with Crippen LogP contribution >= 0.6 is 0 Å². The first-order valence-corrected chi connectivity index (χ1v) is 28.7. The van der Waals surface area contributed by atoms with Crippen LogP contribution in [0.1, 0.15) is 36.1 Å². The van der Waals surface area contributed by atoms with Gasteiger partial charge in [-0.25, -0.2) is 0 Å². The summed E-state index contributed by atoms with van der Waals surface area (Å²) in [7, 11) is 0. The molecule has 2 aromatic heterocycles. The van der Waals surface area contributed by atoms with Gasteiger partial charge in [-0.3, -0.25) is 0 Å². The van der Waals surface area contributed by atoms with E-state index in [1.807, 2.05) is 0 Å². The lowest BCUT2D eigenvalue weighted by Crippen LogP contribution is -2.32. The molecule has 14 aromatic rings. The number of aromatic nitrogens is 2. The van der Waals surface area contributed by atoms with Gasteiger partial charge in [-0.15, -0.1) is 0 Å². The molecule has 0 radical (unpaired) electrons. The van der Waals surface area contributed by atoms with Crippen molar-refractivity contribution in [3.63, 3.8) is 0 Å². The molecular weight excluding hydrogens is 997 g/mol. The molecule has 2 aliphatic rings. The third kappa shape index (κ3) is 7.19. The van der Waals surface area contributed by atoms with E-state index in [0.29, 0.717) is 0 Å². The van der Waals surface area contributed by atoms with Crippen LogP contribution in [0, 0.1) is 0 Å². The molecule has 0 saturated heterocycles. The quantitative estimate of drug-likeness (QED) is 0.136. The molecule has 0 amide bonds. The average molecular weight is 1050 g/mol. The van der Waals surface area contributed by atoms with Gasteiger partial charge < -0.3 is 23.7 Å². The summed E-state index contributed by atoms with van der Waals surface area (Å²) < 4.78 is 11.8. The number of aryl methyl sites for hydroxylation is 2. The first-order chi connectivity index (χ1) is 40.6. The third-order valence-electron chi connectivity index (χ3n) is 17.5. The Bertz CT molecular complexity index is 4500. The van der Waals surface area contributed by atoms with E-state index < -0.39 is 5.41 Å². The van der Waals surface area contributed by atoms with Crippen molar-refractivity contribution in [1.29, 1.82) is 0 Å². The van der Waals surface area contributed by atoms with Crippen LogP contribution in [0.4, 0.5) is 34.1 Å². The second-order valence-corrected chi connectivity index (χ2v) is 21.7. The highest BCUT2D eigenvalue weighted by molar-refractivity contribution is 6.12. The van der Waals surface area contributed by atoms with Crippen LogP contribution in [0.5, 0.6) is 11.5 Å². The summed E-state index contributed by atoms with van der Waals surface area (Å²) in [6, 6.07) is 103. The van der Waals surface area contributed by atoms with Gasteiger partial charge in [-0.1, -0.05) is 158 Å². The van der Waals surface area contributed by atoms with Gasteiger partial charge in [0.05, 0.1) is 5.41 Å². The Kier molecular flexibility index (Phi) is 11.0. The highest BCUT2D eigenvalue weighted by Gasteiger charge is 2.51. The Hall–Kier alpha value is -10.4. The van der Waals surface area contributed by atoms with E-state index >= 15 is 0 Å². The van der Waals surface area contributed by atoms with Crippen molar-refractivity contribution in [3.8, 4) is 44.9 Å². The van der Waals surface area contributed by atoms with Crippen molar-refractivity contribution < 1.29 is 4.74 Å². The van der Waals surface area contributed by atoms with E-state index in [1.165, 1.54) is 88.1 Å². The van der Waals surface area contributed by atoms with Gasteiger partial charge in [0.15, 0.2) is 0 Å². The fourth-order valence-electron chi connectivity index (χ4n) is 14.0. The van der Waals surface area contributed by atoms with Gasteiger partial charge >= 0.3 is 0 Å². The van der Waals surface area contributed by atoms with Crippen molar-refractivity contribution in [2.75, 3.05) is 9.80 Å². The monoisotopic (exact) mass is 1050 g/mol. The van der Waals surface area contributed by atoms with E-state index in [1.54, 1.807) is 0 Å². The lowest BCUT2D eigenvalue weighted by molar-refractivity contribution is 0.436. The van der Waals surface area contributed by atoms with Crippen molar-refractivity contribution >= 4 is 77.7 Å². The van der Waals surface area contributed by atoms with Gasteiger partial charge in [0.2, 0.25) is 0 Å². The summed E-state index contributed by atoms with van der Waals surface area (Å²) in [6.45, 7) is 6.23. The molecule has 16 rings (SSSR count). The molecule has 5 nitrogen and oxygen atoms in total. The zero-order valence-electron chi connectivity index (χ0n) is 45.7. The SMILES string of the molecule is CCn1c2ccc(-c3ccccc3)cc2c2cc(N(c3ccccc3)c3ccc4c(c3)C3(c5ccccc5Oc5ccccc53)c3cc(N(c5ccccc5)c5ccc6c(c5)c5cc(-c7ccccc7)ccc5n6CC)ccc3-4)ccc21. The Morgan fingerprint density at radius 3 is 1.05 bits per heavy atom. The van der Waals surface area contributed by atoms with E-state index in [-0.39, 0.29) is 0 Å². The Morgan fingerprint density at radius 1 is 0.293 bits per heavy atom. The maximum Gasteiger partial charge on any atom is 0.132 e. The molecule has 0 unspecified atom stereocenters. The average Bonchev–Trinajstić information content (AvgIpc) is 3.20. The molecule has 3 heterocycles. The summed E-state index contributed by atoms with van der Waals surface area (Å²) in [5, 5.41) is 4.95. The van der Waals surface area contributed by atoms with Crippen LogP contribution in [-0.4, -0.2) is 9.13 Å². The second kappa shape index (κ2) is 18.9. The number of hydrogen-bond acceptors (Lipinski definition) is 3. The molecule has 0 fully saturated rings. The maximum atomic E-state index is 6.95. The van der Waals surface area contributed by atoms with Crippen LogP contribution in [-0.2, 0) is 18.5 Å². The summed E-state index contributed by atoms with van der Waals surface area (Å²) in [5.41, 5.74) is 22.6. The minimum atomic E-state index is -0.758. The van der Waals surface area contributed by atoms with E-state index in [2.05, 4.69) is 312 Å². The molecular formula is C77H56N4O. The zero-order valence-corrected chi connectivity index (χ0v) is 45.7. The fourth-order valence-corrected chi connectivity index (χ4v) is 14.0. The Morgan fingerprint density at radius 2 is 0.634 bits per heavy atom. The minimum absolute atomic E-state index is 0.758. The molecule has 0 bridgehead atoms. The zero-order chi connectivity index (χ0) is 54.5. The number of benzene rings is 12. The Labute approximate surface area is 477 Å². The van der Waals surface area contributed by atoms with Gasteiger partial charge in [-0.2, -0.15) is 0 Å². The number of nitrogens with zero attached hydrogens (tertiary/aromatic N) is 4. The van der Waals surface area contributed by atoms with Crippen molar-refractivity contribution in [2.45, 2.75) is 32.4 Å². The normalized spacial score (nSPS) is 12.8. The van der Waals surface area contributed by atoms with Crippen molar-refractivity contribution in [2.24, 2.45) is 0 Å². The van der Waals surface area contributed by atoms with Crippen LogP contribution in [0.15, 0.2) is 279 Å². The summed E-state index contributed by atoms with van der Waals surface area (Å²) >= 11 is 0. The molecule has 390 valence electrons. The fraction of sp³-hybridized carbons (Fsp3) is 0.0649. The van der Waals surface area contributed by atoms with Crippen molar-refractivity contribution in [1.82, 2.24) is 9.13 Å². The van der Waals surface area contributed by atoms with Crippen LogP contribution in [0.2, 0.25) is 0 Å². The number of fused-ring (bicyclic) bond motifs is 15. The number of para-hydroxylation sites is 4. The summed E-state index contributed by atoms with van der Waals surface area (Å²) in [6.07, 6.45) is 0. The molecule has 0 saturated carbocycles. The van der Waals surface area contributed by atoms with Gasteiger partial charge in [0, 0.05) is 102 Å². The lowest BCUT2D eigenvalue weighted by Gasteiger charge is -2.40. The first-order valence-electron chi connectivity index (χ1n) is 28.7. The standard InChI is InChI=1S/C77H56N4O/c1-3-78-71-41-33-53(51-21-9-5-10-22-51)45-63(71)65-47-57(37-43-73(65)78)80(55-25-13-7-14-26-55)59-35-39-61-62-40-36-60(50-70(62)77(69(61)49-59)67-29-17-19-31-75(67)82-76-32-20-18-30-68(76)77)81(56-27-15-8-16-28-56)58-38-44-74-66(48-58)64-46-54(52-23-11-6-12-24-52)34-42-72(64)79(74)4-2/h5-50H,3-4H2,1-2H3. The summed E-state index contributed by atoms with van der Waals surface area (Å²) in [5.74, 6) is 1.71. The van der Waals surface area contributed by atoms with E-state index in [9.17, 15) is 0 Å². The molecule has 0 atom stereocenters. The van der Waals surface area contributed by atoms with Crippen LogP contribution < -0.4 is 14.5 Å². The predicted molar refractivity (Wildman–Crippen MR) is 341 cm³/mol. The lowest BCUT2D eigenvalue weighted by atomic mass is 9.66. The van der Waals surface area contributed by atoms with E-state index in [4.69, 9.17) is 4.74 Å². The number of hydrogen-bond donors (Lipinski definition) is 0. The molecule has 82 heavy (non-hydrogen) atoms. The number of anilines is 6. The van der Waals surface area contributed by atoms with E-state index in [0.717, 1.165) is 69.8 Å². The molecule has 1 spiro atoms. The minimum Gasteiger partial charge on any atom is -0.457 e. The molecule has 5 heteroatoms. The number of rotatable bonds is 10. The van der Waals surface area contributed by atoms with Gasteiger partial charge in [0.25, 0.3) is 0 Å². The summed E-state index contributed by atoms with van der Waals surface area (Å²) in [4.78, 5) is 4.89. The van der Waals surface area contributed by atoms with Crippen LogP contribution in [0.25, 0.3) is 77.0 Å². The molecule has 1 aliphatic heterocycles. The predicted octanol–water partition coefficient (Wildman–Crippen LogP) is 20.7. The molecule has 12 aromatic carbocycles. The molecule has 0 N–H and O–H groups in total. The van der Waals surface area contributed by atoms with Crippen molar-refractivity contribution in [3.05, 3.63) is 301 Å². The second-order valence-electron chi connectivity index (χ2n) is 21.7. The smallest absolute Gasteiger partial charge is 0.132 e.